The van der Waals surface area contributed by atoms with Crippen LogP contribution in [0.2, 0.25) is 4.34 Å². The topological polar surface area (TPSA) is 67.4 Å². The predicted octanol–water partition coefficient (Wildman–Crippen LogP) is 3.65. The summed E-state index contributed by atoms with van der Waals surface area (Å²) in [5.74, 6) is 0. The van der Waals surface area contributed by atoms with Crippen molar-refractivity contribution >= 4 is 44.3 Å². The number of anilines is 2. The van der Waals surface area contributed by atoms with Crippen molar-refractivity contribution in [2.45, 2.75) is 10.6 Å². The third kappa shape index (κ3) is 4.88. The lowest BCUT2D eigenvalue weighted by Gasteiger charge is -2.09. The SMILES string of the molecule is COCCCNc1ccc(NS(=O)(=O)c2ccc(Cl)s2)cc1. The van der Waals surface area contributed by atoms with E-state index in [1.54, 1.807) is 25.3 Å². The summed E-state index contributed by atoms with van der Waals surface area (Å²) in [5, 5.41) is 3.23. The zero-order valence-electron chi connectivity index (χ0n) is 12.0. The Kier molecular flexibility index (Phi) is 6.07. The minimum atomic E-state index is -3.58. The number of thiophene rings is 1. The average molecular weight is 361 g/mol. The molecule has 2 N–H and O–H groups in total. The van der Waals surface area contributed by atoms with Gasteiger partial charge >= 0.3 is 0 Å². The summed E-state index contributed by atoms with van der Waals surface area (Å²) >= 11 is 6.79. The molecule has 2 rings (SSSR count). The van der Waals surface area contributed by atoms with Gasteiger partial charge in [-0.3, -0.25) is 4.72 Å². The molecule has 8 heteroatoms. The molecule has 2 aromatic rings. The molecule has 0 radical (unpaired) electrons. The molecule has 0 atom stereocenters. The quantitative estimate of drug-likeness (QED) is 0.705. The van der Waals surface area contributed by atoms with Gasteiger partial charge in [-0.25, -0.2) is 8.42 Å². The number of halogens is 1. The van der Waals surface area contributed by atoms with Gasteiger partial charge < -0.3 is 10.1 Å². The maximum absolute atomic E-state index is 12.2. The van der Waals surface area contributed by atoms with E-state index in [4.69, 9.17) is 16.3 Å². The number of benzene rings is 1. The first-order valence-corrected chi connectivity index (χ1v) is 9.30. The fourth-order valence-electron chi connectivity index (χ4n) is 1.75. The first-order chi connectivity index (χ1) is 10.5. The molecule has 0 aliphatic heterocycles. The Morgan fingerprint density at radius 3 is 2.41 bits per heavy atom. The van der Waals surface area contributed by atoms with Crippen LogP contribution in [-0.2, 0) is 14.8 Å². The maximum Gasteiger partial charge on any atom is 0.271 e. The molecule has 120 valence electrons. The van der Waals surface area contributed by atoms with Gasteiger partial charge in [-0.15, -0.1) is 11.3 Å². The van der Waals surface area contributed by atoms with E-state index >= 15 is 0 Å². The summed E-state index contributed by atoms with van der Waals surface area (Å²) < 4.78 is 32.4. The highest BCUT2D eigenvalue weighted by atomic mass is 35.5. The predicted molar refractivity (Wildman–Crippen MR) is 91.6 cm³/mol. The molecule has 1 aromatic heterocycles. The molecule has 0 aliphatic carbocycles. The molecule has 1 aromatic carbocycles. The second-order valence-corrected chi connectivity index (χ2v) is 8.14. The highest BCUT2D eigenvalue weighted by Gasteiger charge is 2.16. The number of nitrogens with one attached hydrogen (secondary N) is 2. The van der Waals surface area contributed by atoms with Crippen LogP contribution in [0.15, 0.2) is 40.6 Å². The molecule has 1 heterocycles. The van der Waals surface area contributed by atoms with E-state index in [2.05, 4.69) is 10.0 Å². The smallest absolute Gasteiger partial charge is 0.271 e. The van der Waals surface area contributed by atoms with Crippen molar-refractivity contribution in [3.8, 4) is 0 Å². The van der Waals surface area contributed by atoms with E-state index < -0.39 is 10.0 Å². The number of rotatable bonds is 8. The summed E-state index contributed by atoms with van der Waals surface area (Å²) in [7, 11) is -1.91. The third-order valence-electron chi connectivity index (χ3n) is 2.80. The van der Waals surface area contributed by atoms with Crippen LogP contribution in [0.4, 0.5) is 11.4 Å². The fraction of sp³-hybridized carbons (Fsp3) is 0.286. The summed E-state index contributed by atoms with van der Waals surface area (Å²) in [6, 6.07) is 10.1. The van der Waals surface area contributed by atoms with Crippen molar-refractivity contribution in [3.63, 3.8) is 0 Å². The minimum Gasteiger partial charge on any atom is -0.385 e. The van der Waals surface area contributed by atoms with Crippen molar-refractivity contribution in [2.75, 3.05) is 30.3 Å². The number of hydrogen-bond donors (Lipinski definition) is 2. The molecule has 0 aliphatic rings. The monoisotopic (exact) mass is 360 g/mol. The first kappa shape index (κ1) is 17.1. The summed E-state index contributed by atoms with van der Waals surface area (Å²) in [6.45, 7) is 1.50. The molecule has 0 bridgehead atoms. The summed E-state index contributed by atoms with van der Waals surface area (Å²) in [5.41, 5.74) is 1.44. The lowest BCUT2D eigenvalue weighted by atomic mass is 10.3. The van der Waals surface area contributed by atoms with Crippen molar-refractivity contribution in [2.24, 2.45) is 0 Å². The van der Waals surface area contributed by atoms with Gasteiger partial charge in [0.25, 0.3) is 10.0 Å². The second kappa shape index (κ2) is 7.82. The lowest BCUT2D eigenvalue weighted by Crippen LogP contribution is -2.11. The highest BCUT2D eigenvalue weighted by Crippen LogP contribution is 2.27. The van der Waals surface area contributed by atoms with Gasteiger partial charge in [0.05, 0.1) is 4.34 Å². The summed E-state index contributed by atoms with van der Waals surface area (Å²) in [4.78, 5) is 0. The average Bonchev–Trinajstić information content (AvgIpc) is 2.93. The Hall–Kier alpha value is -1.28. The van der Waals surface area contributed by atoms with Crippen LogP contribution in [0.3, 0.4) is 0 Å². The van der Waals surface area contributed by atoms with Crippen LogP contribution in [-0.4, -0.2) is 28.7 Å². The van der Waals surface area contributed by atoms with Gasteiger partial charge in [0.1, 0.15) is 4.21 Å². The summed E-state index contributed by atoms with van der Waals surface area (Å²) in [6.07, 6.45) is 0.907. The fourth-order valence-corrected chi connectivity index (χ4v) is 4.29. The van der Waals surface area contributed by atoms with Gasteiger partial charge in [0.2, 0.25) is 0 Å². The van der Waals surface area contributed by atoms with E-state index in [0.29, 0.717) is 16.6 Å². The van der Waals surface area contributed by atoms with E-state index in [0.717, 1.165) is 30.0 Å². The Labute approximate surface area is 139 Å². The first-order valence-electron chi connectivity index (χ1n) is 6.62. The number of methoxy groups -OCH3 is 1. The molecule has 0 amide bonds. The zero-order chi connectivity index (χ0) is 16.0. The number of hydrogen-bond acceptors (Lipinski definition) is 5. The van der Waals surface area contributed by atoms with Crippen molar-refractivity contribution in [1.82, 2.24) is 0 Å². The van der Waals surface area contributed by atoms with Crippen LogP contribution in [0.1, 0.15) is 6.42 Å². The lowest BCUT2D eigenvalue weighted by molar-refractivity contribution is 0.198. The van der Waals surface area contributed by atoms with Gasteiger partial charge in [0, 0.05) is 31.6 Å². The normalized spacial score (nSPS) is 11.4. The highest BCUT2D eigenvalue weighted by molar-refractivity contribution is 7.94. The molecule has 5 nitrogen and oxygen atoms in total. The van der Waals surface area contributed by atoms with Crippen LogP contribution < -0.4 is 10.0 Å². The van der Waals surface area contributed by atoms with E-state index in [-0.39, 0.29) is 4.21 Å². The minimum absolute atomic E-state index is 0.194. The third-order valence-corrected chi connectivity index (χ3v) is 5.91. The second-order valence-electron chi connectivity index (χ2n) is 4.51. The Balaban J connectivity index is 1.96. The van der Waals surface area contributed by atoms with Crippen molar-refractivity contribution < 1.29 is 13.2 Å². The van der Waals surface area contributed by atoms with Crippen molar-refractivity contribution in [3.05, 3.63) is 40.7 Å². The molecular formula is C14H17ClN2O3S2. The van der Waals surface area contributed by atoms with Gasteiger partial charge in [-0.2, -0.15) is 0 Å². The Bertz CT molecular complexity index is 699. The van der Waals surface area contributed by atoms with Crippen LogP contribution in [0.25, 0.3) is 0 Å². The van der Waals surface area contributed by atoms with Crippen molar-refractivity contribution in [1.29, 1.82) is 0 Å². The number of sulfonamides is 1. The van der Waals surface area contributed by atoms with Crippen LogP contribution in [0.5, 0.6) is 0 Å². The zero-order valence-corrected chi connectivity index (χ0v) is 14.4. The van der Waals surface area contributed by atoms with Gasteiger partial charge in [0.15, 0.2) is 0 Å². The Morgan fingerprint density at radius 2 is 1.82 bits per heavy atom. The van der Waals surface area contributed by atoms with Crippen LogP contribution in [0, 0.1) is 0 Å². The molecule has 0 unspecified atom stereocenters. The standard InChI is InChI=1S/C14H17ClN2O3S2/c1-20-10-2-9-16-11-3-5-12(6-4-11)17-22(18,19)14-8-7-13(15)21-14/h3-8,16-17H,2,9-10H2,1H3. The van der Waals surface area contributed by atoms with Crippen LogP contribution >= 0.6 is 22.9 Å². The van der Waals surface area contributed by atoms with E-state index in [1.807, 2.05) is 12.1 Å². The van der Waals surface area contributed by atoms with Gasteiger partial charge in [-0.05, 0) is 42.8 Å². The van der Waals surface area contributed by atoms with E-state index in [1.165, 1.54) is 6.07 Å². The number of ether oxygens (including phenoxy) is 1. The molecule has 0 saturated carbocycles. The molecule has 0 spiro atoms. The maximum atomic E-state index is 12.2. The van der Waals surface area contributed by atoms with E-state index in [9.17, 15) is 8.42 Å². The largest absolute Gasteiger partial charge is 0.385 e. The molecule has 22 heavy (non-hydrogen) atoms. The molecule has 0 saturated heterocycles. The molecular weight excluding hydrogens is 344 g/mol. The van der Waals surface area contributed by atoms with Gasteiger partial charge in [-0.1, -0.05) is 11.6 Å². The Morgan fingerprint density at radius 1 is 1.14 bits per heavy atom. The molecule has 0 fully saturated rings.